The molecule has 2 aliphatic heterocycles. The molecule has 7 nitrogen and oxygen atoms in total. The van der Waals surface area contributed by atoms with E-state index in [4.69, 9.17) is 8.92 Å². The number of hydrogen-bond donors (Lipinski definition) is 0. The Bertz CT molecular complexity index is 1450. The van der Waals surface area contributed by atoms with Crippen molar-refractivity contribution in [2.24, 2.45) is 5.92 Å². The number of ether oxygens (including phenoxy) is 1. The van der Waals surface area contributed by atoms with Crippen molar-refractivity contribution in [1.29, 1.82) is 0 Å². The lowest BCUT2D eigenvalue weighted by molar-refractivity contribution is 0.0961. The molecule has 0 atom stereocenters. The van der Waals surface area contributed by atoms with Crippen LogP contribution in [0.3, 0.4) is 0 Å². The Morgan fingerprint density at radius 2 is 1.60 bits per heavy atom. The molecule has 9 heteroatoms. The third-order valence-electron chi connectivity index (χ3n) is 8.14. The number of ketones is 1. The standard InChI is InChI=1S/C33H39FN2O5S/c1-2-41-42(38,39)31-11-5-27(6-12-31)22-35-17-15-25(16-18-35)7-13-32(37)28-8-14-33-29(21-28)24-36(19-20-40-33)23-26-3-9-30(34)10-4-26/h3-6,8-12,14,21,25H,2,7,13,15-20,22-24H2,1H3. The number of rotatable bonds is 11. The van der Waals surface area contributed by atoms with Crippen LogP contribution in [0.15, 0.2) is 71.6 Å². The van der Waals surface area contributed by atoms with Crippen LogP contribution >= 0.6 is 0 Å². The number of fused-ring (bicyclic) bond motifs is 1. The highest BCUT2D eigenvalue weighted by atomic mass is 32.2. The van der Waals surface area contributed by atoms with E-state index in [-0.39, 0.29) is 23.1 Å². The first-order valence-corrected chi connectivity index (χ1v) is 16.2. The molecule has 2 heterocycles. The predicted octanol–water partition coefficient (Wildman–Crippen LogP) is 5.82. The van der Waals surface area contributed by atoms with Gasteiger partial charge in [-0.15, -0.1) is 0 Å². The Balaban J connectivity index is 1.09. The summed E-state index contributed by atoms with van der Waals surface area (Å²) in [6.07, 6.45) is 3.49. The van der Waals surface area contributed by atoms with Crippen molar-refractivity contribution in [1.82, 2.24) is 9.80 Å². The van der Waals surface area contributed by atoms with Gasteiger partial charge in [-0.2, -0.15) is 8.42 Å². The second-order valence-corrected chi connectivity index (χ2v) is 12.8. The van der Waals surface area contributed by atoms with Crippen LogP contribution in [0.1, 0.15) is 59.7 Å². The van der Waals surface area contributed by atoms with Gasteiger partial charge >= 0.3 is 0 Å². The van der Waals surface area contributed by atoms with Crippen molar-refractivity contribution in [2.45, 2.75) is 57.1 Å². The normalized spacial score (nSPS) is 16.9. The molecular formula is C33H39FN2O5S. The van der Waals surface area contributed by atoms with E-state index < -0.39 is 10.1 Å². The van der Waals surface area contributed by atoms with E-state index in [9.17, 15) is 17.6 Å². The van der Waals surface area contributed by atoms with Gasteiger partial charge in [0.2, 0.25) is 0 Å². The topological polar surface area (TPSA) is 76.2 Å². The van der Waals surface area contributed by atoms with Crippen molar-refractivity contribution in [3.63, 3.8) is 0 Å². The van der Waals surface area contributed by atoms with Gasteiger partial charge in [0, 0.05) is 43.7 Å². The summed E-state index contributed by atoms with van der Waals surface area (Å²) < 4.78 is 48.2. The van der Waals surface area contributed by atoms with E-state index >= 15 is 0 Å². The molecule has 0 N–H and O–H groups in total. The number of piperidine rings is 1. The van der Waals surface area contributed by atoms with Gasteiger partial charge in [-0.25, -0.2) is 4.39 Å². The third-order valence-corrected chi connectivity index (χ3v) is 9.53. The van der Waals surface area contributed by atoms with Crippen molar-refractivity contribution in [2.75, 3.05) is 32.8 Å². The van der Waals surface area contributed by atoms with Gasteiger partial charge in [0.05, 0.1) is 11.5 Å². The molecule has 1 fully saturated rings. The number of nitrogens with zero attached hydrogens (tertiary/aromatic N) is 2. The van der Waals surface area contributed by atoms with Gasteiger partial charge in [0.15, 0.2) is 5.78 Å². The molecule has 0 aliphatic carbocycles. The molecule has 0 radical (unpaired) electrons. The maximum absolute atomic E-state index is 13.3. The molecule has 0 saturated carbocycles. The minimum Gasteiger partial charge on any atom is -0.492 e. The SMILES string of the molecule is CCOS(=O)(=O)c1ccc(CN2CCC(CCC(=O)c3ccc4c(c3)CN(Cc3ccc(F)cc3)CCO4)CC2)cc1. The van der Waals surface area contributed by atoms with Crippen molar-refractivity contribution < 1.29 is 26.5 Å². The molecule has 3 aromatic rings. The highest BCUT2D eigenvalue weighted by molar-refractivity contribution is 7.86. The van der Waals surface area contributed by atoms with Crippen LogP contribution in [0.2, 0.25) is 0 Å². The predicted molar refractivity (Wildman–Crippen MR) is 159 cm³/mol. The minimum atomic E-state index is -3.68. The van der Waals surface area contributed by atoms with Crippen LogP contribution in [0.4, 0.5) is 4.39 Å². The van der Waals surface area contributed by atoms with E-state index in [1.165, 1.54) is 12.1 Å². The van der Waals surface area contributed by atoms with Crippen molar-refractivity contribution in [3.05, 3.63) is 94.8 Å². The summed E-state index contributed by atoms with van der Waals surface area (Å²) in [5.74, 6) is 1.26. The average Bonchev–Trinajstić information content (AvgIpc) is 3.19. The molecule has 0 unspecified atom stereocenters. The Labute approximate surface area is 248 Å². The van der Waals surface area contributed by atoms with Crippen LogP contribution in [0, 0.1) is 11.7 Å². The van der Waals surface area contributed by atoms with Crippen molar-refractivity contribution >= 4 is 15.9 Å². The van der Waals surface area contributed by atoms with E-state index in [0.717, 1.165) is 73.4 Å². The number of halogens is 1. The maximum atomic E-state index is 13.3. The van der Waals surface area contributed by atoms with E-state index in [0.29, 0.717) is 32.0 Å². The molecule has 3 aromatic carbocycles. The number of benzene rings is 3. The van der Waals surface area contributed by atoms with Gasteiger partial charge < -0.3 is 4.74 Å². The fourth-order valence-electron chi connectivity index (χ4n) is 5.76. The monoisotopic (exact) mass is 594 g/mol. The first-order valence-electron chi connectivity index (χ1n) is 14.8. The highest BCUT2D eigenvalue weighted by Gasteiger charge is 2.22. The molecule has 5 rings (SSSR count). The molecule has 0 aromatic heterocycles. The summed E-state index contributed by atoms with van der Waals surface area (Å²) in [5, 5.41) is 0. The lowest BCUT2D eigenvalue weighted by Crippen LogP contribution is -2.33. The zero-order valence-corrected chi connectivity index (χ0v) is 25.0. The fraction of sp³-hybridized carbons (Fsp3) is 0.424. The lowest BCUT2D eigenvalue weighted by Gasteiger charge is -2.32. The summed E-state index contributed by atoms with van der Waals surface area (Å²) in [5.41, 5.74) is 3.86. The Morgan fingerprint density at radius 3 is 2.29 bits per heavy atom. The van der Waals surface area contributed by atoms with Crippen LogP contribution in [0.25, 0.3) is 0 Å². The van der Waals surface area contributed by atoms with E-state index in [1.54, 1.807) is 19.1 Å². The quantitative estimate of drug-likeness (QED) is 0.205. The van der Waals surface area contributed by atoms with Gasteiger partial charge in [-0.1, -0.05) is 24.3 Å². The Morgan fingerprint density at radius 1 is 0.929 bits per heavy atom. The average molecular weight is 595 g/mol. The maximum Gasteiger partial charge on any atom is 0.296 e. The van der Waals surface area contributed by atoms with Crippen LogP contribution in [-0.4, -0.2) is 56.8 Å². The van der Waals surface area contributed by atoms with Crippen LogP contribution in [-0.2, 0) is 33.9 Å². The summed E-state index contributed by atoms with van der Waals surface area (Å²) >= 11 is 0. The molecule has 42 heavy (non-hydrogen) atoms. The minimum absolute atomic E-state index is 0.117. The smallest absolute Gasteiger partial charge is 0.296 e. The molecule has 0 bridgehead atoms. The Kier molecular flexibility index (Phi) is 10.1. The van der Waals surface area contributed by atoms with Crippen molar-refractivity contribution in [3.8, 4) is 5.75 Å². The molecule has 1 saturated heterocycles. The number of likely N-dealkylation sites (tertiary alicyclic amines) is 1. The number of Topliss-reactive ketones (excluding diaryl/α,β-unsaturated/α-hetero) is 1. The molecule has 0 amide bonds. The van der Waals surface area contributed by atoms with E-state index in [1.807, 2.05) is 42.5 Å². The molecule has 0 spiro atoms. The zero-order chi connectivity index (χ0) is 29.5. The van der Waals surface area contributed by atoms with Crippen LogP contribution in [0.5, 0.6) is 5.75 Å². The number of carbonyl (C=O) groups is 1. The molecular weight excluding hydrogens is 555 g/mol. The van der Waals surface area contributed by atoms with Gasteiger partial charge in [-0.3, -0.25) is 18.8 Å². The molecule has 224 valence electrons. The third kappa shape index (κ3) is 8.04. The lowest BCUT2D eigenvalue weighted by atomic mass is 9.90. The van der Waals surface area contributed by atoms with Gasteiger partial charge in [0.1, 0.15) is 18.2 Å². The summed E-state index contributed by atoms with van der Waals surface area (Å²) in [7, 11) is -3.68. The highest BCUT2D eigenvalue weighted by Crippen LogP contribution is 2.28. The largest absolute Gasteiger partial charge is 0.492 e. The van der Waals surface area contributed by atoms with Crippen LogP contribution < -0.4 is 4.74 Å². The number of carbonyl (C=O) groups excluding carboxylic acids is 1. The first kappa shape index (κ1) is 30.4. The number of hydrogen-bond acceptors (Lipinski definition) is 7. The summed E-state index contributed by atoms with van der Waals surface area (Å²) in [6.45, 7) is 7.16. The summed E-state index contributed by atoms with van der Waals surface area (Å²) in [6, 6.07) is 19.3. The first-order chi connectivity index (χ1) is 20.3. The fourth-order valence-corrected chi connectivity index (χ4v) is 6.68. The van der Waals surface area contributed by atoms with Gasteiger partial charge in [0.25, 0.3) is 10.1 Å². The second kappa shape index (κ2) is 13.9. The van der Waals surface area contributed by atoms with E-state index in [2.05, 4.69) is 9.80 Å². The zero-order valence-electron chi connectivity index (χ0n) is 24.1. The second-order valence-electron chi connectivity index (χ2n) is 11.2. The molecule has 2 aliphatic rings. The van der Waals surface area contributed by atoms with Gasteiger partial charge in [-0.05, 0) is 98.8 Å². The summed E-state index contributed by atoms with van der Waals surface area (Å²) in [4.78, 5) is 18.0. The Hall–Kier alpha value is -3.11.